The quantitative estimate of drug-likeness (QED) is 0.549. The molecule has 2 aromatic rings. The van der Waals surface area contributed by atoms with Crippen LogP contribution in [0.5, 0.6) is 5.75 Å². The highest BCUT2D eigenvalue weighted by Gasteiger charge is 2.30. The first-order valence-corrected chi connectivity index (χ1v) is 13.6. The molecule has 11 heteroatoms. The first-order valence-electron chi connectivity index (χ1n) is 10.2. The van der Waals surface area contributed by atoms with Gasteiger partial charge in [0.15, 0.2) is 0 Å². The molecule has 0 radical (unpaired) electrons. The summed E-state index contributed by atoms with van der Waals surface area (Å²) < 4.78 is 59.1. The molecule has 2 aromatic carbocycles. The molecular formula is C22H31N3O6S2. The van der Waals surface area contributed by atoms with Crippen molar-refractivity contribution in [3.63, 3.8) is 0 Å². The minimum Gasteiger partial charge on any atom is -0.495 e. The zero-order valence-electron chi connectivity index (χ0n) is 19.8. The van der Waals surface area contributed by atoms with Crippen LogP contribution in [-0.2, 0) is 24.8 Å². The maximum absolute atomic E-state index is 13.1. The number of rotatable bonds is 9. The van der Waals surface area contributed by atoms with Gasteiger partial charge in [-0.3, -0.25) is 9.10 Å². The minimum atomic E-state index is -3.82. The van der Waals surface area contributed by atoms with Crippen LogP contribution in [0, 0.1) is 13.8 Å². The van der Waals surface area contributed by atoms with Crippen LogP contribution in [0.15, 0.2) is 41.3 Å². The fraction of sp³-hybridized carbons (Fsp3) is 0.409. The normalized spacial score (nSPS) is 13.0. The zero-order valence-corrected chi connectivity index (χ0v) is 21.5. The summed E-state index contributed by atoms with van der Waals surface area (Å²) in [7, 11) is -6.25. The first kappa shape index (κ1) is 26.6. The highest BCUT2D eigenvalue weighted by Crippen LogP contribution is 2.29. The summed E-state index contributed by atoms with van der Waals surface area (Å²) in [6.45, 7) is 8.52. The van der Waals surface area contributed by atoms with Gasteiger partial charge in [-0.25, -0.2) is 21.6 Å². The van der Waals surface area contributed by atoms with Crippen LogP contribution >= 0.6 is 0 Å². The van der Waals surface area contributed by atoms with E-state index in [9.17, 15) is 21.6 Å². The lowest BCUT2D eigenvalue weighted by Gasteiger charge is -2.29. The summed E-state index contributed by atoms with van der Waals surface area (Å²) in [5, 5.41) is 2.62. The Bertz CT molecular complexity index is 1220. The van der Waals surface area contributed by atoms with Gasteiger partial charge in [0.25, 0.3) is 0 Å². The van der Waals surface area contributed by atoms with Crippen molar-refractivity contribution in [1.82, 2.24) is 4.72 Å². The van der Waals surface area contributed by atoms with E-state index < -0.39 is 32.0 Å². The molecule has 2 N–H and O–H groups in total. The molecular weight excluding hydrogens is 466 g/mol. The number of sulfonamides is 2. The second-order valence-electron chi connectivity index (χ2n) is 8.21. The zero-order chi connectivity index (χ0) is 25.1. The molecule has 0 aliphatic heterocycles. The number of ether oxygens (including phenoxy) is 1. The van der Waals surface area contributed by atoms with Gasteiger partial charge in [0.1, 0.15) is 11.8 Å². The molecule has 0 bridgehead atoms. The van der Waals surface area contributed by atoms with Crippen LogP contribution < -0.4 is 19.1 Å². The van der Waals surface area contributed by atoms with Crippen LogP contribution in [0.3, 0.4) is 0 Å². The van der Waals surface area contributed by atoms with Crippen molar-refractivity contribution in [2.75, 3.05) is 23.0 Å². The number of amides is 1. The van der Waals surface area contributed by atoms with E-state index in [1.54, 1.807) is 26.0 Å². The number of nitrogens with zero attached hydrogens (tertiary/aromatic N) is 1. The van der Waals surface area contributed by atoms with Crippen molar-refractivity contribution < 1.29 is 26.4 Å². The predicted molar refractivity (Wildman–Crippen MR) is 130 cm³/mol. The van der Waals surface area contributed by atoms with E-state index in [0.717, 1.165) is 21.7 Å². The summed E-state index contributed by atoms with van der Waals surface area (Å²) in [6, 6.07) is 7.88. The number of aryl methyl sites for hydroxylation is 2. The predicted octanol–water partition coefficient (Wildman–Crippen LogP) is 2.79. The highest BCUT2D eigenvalue weighted by atomic mass is 32.2. The maximum atomic E-state index is 13.1. The molecule has 9 nitrogen and oxygen atoms in total. The van der Waals surface area contributed by atoms with E-state index >= 15 is 0 Å². The van der Waals surface area contributed by atoms with Crippen LogP contribution in [-0.4, -0.2) is 48.2 Å². The summed E-state index contributed by atoms with van der Waals surface area (Å²) in [5.74, 6) is -0.416. The van der Waals surface area contributed by atoms with Crippen molar-refractivity contribution >= 4 is 37.3 Å². The molecule has 0 saturated heterocycles. The number of nitrogens with one attached hydrogen (secondary N) is 2. The molecule has 0 unspecified atom stereocenters. The average molecular weight is 498 g/mol. The minimum absolute atomic E-state index is 0.0609. The van der Waals surface area contributed by atoms with Gasteiger partial charge in [-0.05, 0) is 76.1 Å². The third-order valence-corrected chi connectivity index (χ3v) is 7.58. The number of hydrogen-bond donors (Lipinski definition) is 2. The number of carbonyl (C=O) groups excluding carboxylic acids is 1. The van der Waals surface area contributed by atoms with Gasteiger partial charge in [0.2, 0.25) is 26.0 Å². The molecule has 2 rings (SSSR count). The van der Waals surface area contributed by atoms with Crippen molar-refractivity contribution in [3.8, 4) is 5.75 Å². The number of carbonyl (C=O) groups is 1. The van der Waals surface area contributed by atoms with Crippen molar-refractivity contribution in [2.24, 2.45) is 0 Å². The van der Waals surface area contributed by atoms with E-state index in [1.165, 1.54) is 32.2 Å². The fourth-order valence-electron chi connectivity index (χ4n) is 3.45. The van der Waals surface area contributed by atoms with Crippen molar-refractivity contribution in [1.29, 1.82) is 0 Å². The highest BCUT2D eigenvalue weighted by molar-refractivity contribution is 7.92. The summed E-state index contributed by atoms with van der Waals surface area (Å²) in [4.78, 5) is 13.1. The summed E-state index contributed by atoms with van der Waals surface area (Å²) in [6.07, 6.45) is 1.03. The third kappa shape index (κ3) is 6.68. The standard InChI is InChI=1S/C22H31N3O6S2/c1-14(2)24-33(29,30)19-8-9-21(31-6)20(13-19)23-22(26)17(5)25(32(7,27)28)18-11-15(3)10-16(4)12-18/h8-14,17,24H,1-7H3,(H,23,26)/t17-/m1/s1. The summed E-state index contributed by atoms with van der Waals surface area (Å²) >= 11 is 0. The molecule has 182 valence electrons. The molecule has 0 fully saturated rings. The van der Waals surface area contributed by atoms with Crippen LogP contribution in [0.4, 0.5) is 11.4 Å². The molecule has 0 aliphatic rings. The van der Waals surface area contributed by atoms with Gasteiger partial charge < -0.3 is 10.1 Å². The number of hydrogen-bond acceptors (Lipinski definition) is 6. The molecule has 1 atom stereocenters. The lowest BCUT2D eigenvalue weighted by atomic mass is 10.1. The van der Waals surface area contributed by atoms with E-state index in [4.69, 9.17) is 4.74 Å². The first-order chi connectivity index (χ1) is 15.2. The molecule has 33 heavy (non-hydrogen) atoms. The second-order valence-corrected chi connectivity index (χ2v) is 11.8. The number of benzene rings is 2. The Morgan fingerprint density at radius 1 is 0.970 bits per heavy atom. The van der Waals surface area contributed by atoms with Gasteiger partial charge >= 0.3 is 0 Å². The van der Waals surface area contributed by atoms with Crippen molar-refractivity contribution in [3.05, 3.63) is 47.5 Å². The maximum Gasteiger partial charge on any atom is 0.248 e. The Kier molecular flexibility index (Phi) is 8.15. The molecule has 0 saturated carbocycles. The number of anilines is 2. The summed E-state index contributed by atoms with van der Waals surface area (Å²) in [5.41, 5.74) is 2.17. The van der Waals surface area contributed by atoms with Crippen LogP contribution in [0.2, 0.25) is 0 Å². The second kappa shape index (κ2) is 10.1. The third-order valence-electron chi connectivity index (χ3n) is 4.68. The van der Waals surface area contributed by atoms with Gasteiger partial charge in [-0.1, -0.05) is 6.07 Å². The molecule has 0 aliphatic carbocycles. The Labute approximate surface area is 196 Å². The van der Waals surface area contributed by atoms with Gasteiger partial charge in [-0.15, -0.1) is 0 Å². The topological polar surface area (TPSA) is 122 Å². The van der Waals surface area contributed by atoms with Gasteiger partial charge in [0.05, 0.1) is 29.6 Å². The van der Waals surface area contributed by atoms with E-state index in [2.05, 4.69) is 10.0 Å². The Hall–Kier alpha value is -2.63. The van der Waals surface area contributed by atoms with E-state index in [0.29, 0.717) is 5.69 Å². The smallest absolute Gasteiger partial charge is 0.248 e. The van der Waals surface area contributed by atoms with Crippen LogP contribution in [0.1, 0.15) is 31.9 Å². The molecule has 0 heterocycles. The Balaban J connectivity index is 2.45. The Morgan fingerprint density at radius 3 is 2.03 bits per heavy atom. The lowest BCUT2D eigenvalue weighted by molar-refractivity contribution is -0.116. The van der Waals surface area contributed by atoms with Crippen molar-refractivity contribution in [2.45, 2.75) is 51.6 Å². The van der Waals surface area contributed by atoms with Crippen LogP contribution in [0.25, 0.3) is 0 Å². The van der Waals surface area contributed by atoms with Gasteiger partial charge in [0, 0.05) is 6.04 Å². The van der Waals surface area contributed by atoms with E-state index in [1.807, 2.05) is 19.9 Å². The molecule has 0 aromatic heterocycles. The lowest BCUT2D eigenvalue weighted by Crippen LogP contribution is -2.45. The van der Waals surface area contributed by atoms with Gasteiger partial charge in [-0.2, -0.15) is 0 Å². The molecule has 1 amide bonds. The molecule has 0 spiro atoms. The fourth-order valence-corrected chi connectivity index (χ4v) is 5.89. The monoisotopic (exact) mass is 497 g/mol. The number of methoxy groups -OCH3 is 1. The SMILES string of the molecule is COc1ccc(S(=O)(=O)NC(C)C)cc1NC(=O)[C@@H](C)N(c1cc(C)cc(C)c1)S(C)(=O)=O. The van der Waals surface area contributed by atoms with E-state index in [-0.39, 0.29) is 22.4 Å². The largest absolute Gasteiger partial charge is 0.495 e. The Morgan fingerprint density at radius 2 is 1.55 bits per heavy atom. The average Bonchev–Trinajstić information content (AvgIpc) is 2.65.